The molecule has 8 heteroatoms. The van der Waals surface area contributed by atoms with Gasteiger partial charge in [0.05, 0.1) is 18.4 Å². The molecular weight excluding hydrogens is 531 g/mol. The fraction of sp³-hybridized carbons (Fsp3) is 0.290. The number of hydrogen-bond donors (Lipinski definition) is 1. The van der Waals surface area contributed by atoms with Gasteiger partial charge in [-0.15, -0.1) is 0 Å². The van der Waals surface area contributed by atoms with E-state index in [9.17, 15) is 4.79 Å². The van der Waals surface area contributed by atoms with Crippen LogP contribution in [-0.2, 0) is 6.54 Å². The van der Waals surface area contributed by atoms with Gasteiger partial charge < -0.3 is 14.6 Å². The minimum Gasteiger partial charge on any atom is -0.496 e. The van der Waals surface area contributed by atoms with Crippen LogP contribution in [0, 0.1) is 13.8 Å². The molecule has 0 radical (unpaired) electrons. The van der Waals surface area contributed by atoms with E-state index in [1.807, 2.05) is 74.3 Å². The monoisotopic (exact) mass is 562 g/mol. The van der Waals surface area contributed by atoms with Gasteiger partial charge in [-0.25, -0.2) is 4.98 Å². The second-order valence-electron chi connectivity index (χ2n) is 10.2. The number of fused-ring (bicyclic) bond motifs is 1. The number of hydrogen-bond acceptors (Lipinski definition) is 4. The van der Waals surface area contributed by atoms with Crippen LogP contribution in [-0.4, -0.2) is 29.6 Å². The molecule has 6 nitrogen and oxygen atoms in total. The highest BCUT2D eigenvalue weighted by Crippen LogP contribution is 2.47. The van der Waals surface area contributed by atoms with Crippen molar-refractivity contribution in [3.05, 3.63) is 98.3 Å². The second kappa shape index (κ2) is 10.7. The van der Waals surface area contributed by atoms with E-state index in [4.69, 9.17) is 32.9 Å². The van der Waals surface area contributed by atoms with E-state index in [0.717, 1.165) is 39.2 Å². The molecule has 1 aromatic heterocycles. The summed E-state index contributed by atoms with van der Waals surface area (Å²) in [6.07, 6.45) is 0. The molecule has 39 heavy (non-hydrogen) atoms. The normalized spacial score (nSPS) is 14.8. The lowest BCUT2D eigenvalue weighted by Crippen LogP contribution is -2.31. The maximum absolute atomic E-state index is 14.3. The zero-order chi connectivity index (χ0) is 28.0. The summed E-state index contributed by atoms with van der Waals surface area (Å²) >= 11 is 12.8. The number of halogens is 2. The van der Waals surface area contributed by atoms with Crippen molar-refractivity contribution in [3.63, 3.8) is 0 Å². The Morgan fingerprint density at radius 2 is 1.72 bits per heavy atom. The topological polar surface area (TPSA) is 59.4 Å². The number of ether oxygens (including phenoxy) is 1. The highest BCUT2D eigenvalue weighted by Gasteiger charge is 2.45. The molecule has 0 bridgehead atoms. The molecule has 0 saturated heterocycles. The summed E-state index contributed by atoms with van der Waals surface area (Å²) in [4.78, 5) is 21.2. The first-order valence-corrected chi connectivity index (χ1v) is 13.7. The number of carbonyl (C=O) groups excluding carboxylic acids is 1. The van der Waals surface area contributed by atoms with Crippen molar-refractivity contribution in [1.29, 1.82) is 0 Å². The first-order chi connectivity index (χ1) is 18.7. The number of rotatable bonds is 7. The van der Waals surface area contributed by atoms with Gasteiger partial charge in [-0.2, -0.15) is 0 Å². The van der Waals surface area contributed by atoms with Crippen molar-refractivity contribution >= 4 is 34.8 Å². The van der Waals surface area contributed by atoms with Crippen LogP contribution in [0.5, 0.6) is 5.75 Å². The van der Waals surface area contributed by atoms with Crippen molar-refractivity contribution in [2.24, 2.45) is 0 Å². The van der Waals surface area contributed by atoms with Crippen LogP contribution in [0.1, 0.15) is 64.4 Å². The van der Waals surface area contributed by atoms with E-state index in [-0.39, 0.29) is 11.9 Å². The Morgan fingerprint density at radius 1 is 1.00 bits per heavy atom. The molecule has 4 aromatic rings. The predicted molar refractivity (Wildman–Crippen MR) is 158 cm³/mol. The fourth-order valence-electron chi connectivity index (χ4n) is 5.50. The molecule has 0 spiro atoms. The molecule has 3 aromatic carbocycles. The smallest absolute Gasteiger partial charge is 0.279 e. The number of nitrogens with one attached hydrogen (secondary N) is 1. The van der Waals surface area contributed by atoms with Crippen LogP contribution in [0.2, 0.25) is 10.0 Å². The van der Waals surface area contributed by atoms with Crippen LogP contribution in [0.15, 0.2) is 54.6 Å². The molecule has 1 unspecified atom stereocenters. The van der Waals surface area contributed by atoms with E-state index >= 15 is 0 Å². The van der Waals surface area contributed by atoms with Crippen LogP contribution >= 0.6 is 23.2 Å². The van der Waals surface area contributed by atoms with Gasteiger partial charge in [-0.3, -0.25) is 9.69 Å². The third-order valence-corrected chi connectivity index (χ3v) is 7.72. The number of methoxy groups -OCH3 is 1. The molecule has 202 valence electrons. The van der Waals surface area contributed by atoms with E-state index in [1.165, 1.54) is 0 Å². The number of benzene rings is 3. The summed E-state index contributed by atoms with van der Waals surface area (Å²) in [6, 6.07) is 17.1. The summed E-state index contributed by atoms with van der Waals surface area (Å²) in [5, 5.41) is 4.42. The lowest BCUT2D eigenvalue weighted by Gasteiger charge is -2.30. The minimum absolute atomic E-state index is 0.0113. The Morgan fingerprint density at radius 3 is 2.38 bits per heavy atom. The lowest BCUT2D eigenvalue weighted by molar-refractivity contribution is 0.0989. The second-order valence-corrected chi connectivity index (χ2v) is 11.1. The first-order valence-electron chi connectivity index (χ1n) is 13.0. The van der Waals surface area contributed by atoms with Gasteiger partial charge >= 0.3 is 0 Å². The van der Waals surface area contributed by atoms with Crippen LogP contribution in [0.3, 0.4) is 0 Å². The van der Waals surface area contributed by atoms with Gasteiger partial charge in [0.1, 0.15) is 17.6 Å². The zero-order valence-electron chi connectivity index (χ0n) is 23.0. The number of anilines is 1. The molecule has 0 saturated carbocycles. The van der Waals surface area contributed by atoms with Crippen molar-refractivity contribution in [2.45, 2.75) is 46.3 Å². The first kappa shape index (κ1) is 27.3. The van der Waals surface area contributed by atoms with Gasteiger partial charge in [-0.05, 0) is 93.4 Å². The summed E-state index contributed by atoms with van der Waals surface area (Å²) in [5.41, 5.74) is 6.90. The van der Waals surface area contributed by atoms with Gasteiger partial charge in [0.15, 0.2) is 5.69 Å². The third kappa shape index (κ3) is 4.71. The maximum Gasteiger partial charge on any atom is 0.279 e. The van der Waals surface area contributed by atoms with E-state index in [1.54, 1.807) is 7.11 Å². The van der Waals surface area contributed by atoms with Crippen molar-refractivity contribution in [1.82, 2.24) is 14.9 Å². The quantitative estimate of drug-likeness (QED) is 0.253. The highest BCUT2D eigenvalue weighted by atomic mass is 35.5. The molecular formula is C31H32Cl2N4O2. The number of imidazole rings is 1. The number of nitrogens with zero attached hydrogens (tertiary/aromatic N) is 3. The van der Waals surface area contributed by atoms with Gasteiger partial charge in [0, 0.05) is 28.3 Å². The van der Waals surface area contributed by atoms with Crippen LogP contribution < -0.4 is 15.0 Å². The summed E-state index contributed by atoms with van der Waals surface area (Å²) in [7, 11) is 3.57. The minimum atomic E-state index is -0.419. The van der Waals surface area contributed by atoms with E-state index < -0.39 is 6.04 Å². The molecule has 0 aliphatic carbocycles. The SMILES string of the molecule is CNCc1ccc(OC)c(-c2nc3c(n2C(C)C)C(c2ccc(Cl)cc2C)N(c2cc(Cl)ccc2C)C3=O)c1. The lowest BCUT2D eigenvalue weighted by atomic mass is 9.97. The van der Waals surface area contributed by atoms with Gasteiger partial charge in [0.25, 0.3) is 5.91 Å². The molecule has 5 rings (SSSR count). The average molecular weight is 564 g/mol. The van der Waals surface area contributed by atoms with Crippen molar-refractivity contribution in [2.75, 3.05) is 19.1 Å². The van der Waals surface area contributed by atoms with Crippen molar-refractivity contribution < 1.29 is 9.53 Å². The Kier molecular flexibility index (Phi) is 7.47. The van der Waals surface area contributed by atoms with E-state index in [0.29, 0.717) is 33.9 Å². The van der Waals surface area contributed by atoms with Crippen molar-refractivity contribution in [3.8, 4) is 17.1 Å². The van der Waals surface area contributed by atoms with E-state index in [2.05, 4.69) is 29.8 Å². The number of aryl methyl sites for hydroxylation is 2. The largest absolute Gasteiger partial charge is 0.496 e. The number of carbonyl (C=O) groups is 1. The third-order valence-electron chi connectivity index (χ3n) is 7.25. The number of amides is 1. The predicted octanol–water partition coefficient (Wildman–Crippen LogP) is 7.53. The van der Waals surface area contributed by atoms with Crippen LogP contribution in [0.25, 0.3) is 11.4 Å². The highest BCUT2D eigenvalue weighted by molar-refractivity contribution is 6.31. The fourth-order valence-corrected chi connectivity index (χ4v) is 5.89. The Hall–Kier alpha value is -3.32. The van der Waals surface area contributed by atoms with Gasteiger partial charge in [0.2, 0.25) is 0 Å². The molecule has 0 fully saturated rings. The average Bonchev–Trinajstić information content (AvgIpc) is 3.41. The molecule has 1 amide bonds. The summed E-state index contributed by atoms with van der Waals surface area (Å²) < 4.78 is 7.93. The van der Waals surface area contributed by atoms with Gasteiger partial charge in [-0.1, -0.05) is 41.4 Å². The van der Waals surface area contributed by atoms with Crippen LogP contribution in [0.4, 0.5) is 5.69 Å². The molecule has 2 heterocycles. The maximum atomic E-state index is 14.3. The molecule has 1 aliphatic heterocycles. The molecule has 1 N–H and O–H groups in total. The standard InChI is InChI=1S/C31H32Cl2N4O2/c1-17(2)36-29-27(35-30(36)24-14-20(16-34-5)8-12-26(24)39-6)31(38)37(25-15-22(33)9-7-18(25)3)28(29)23-11-10-21(32)13-19(23)4/h7-15,17,28,34H,16H2,1-6H3. The molecule has 1 atom stereocenters. The molecule has 1 aliphatic rings. The number of aromatic nitrogens is 2. The zero-order valence-corrected chi connectivity index (χ0v) is 24.5. The summed E-state index contributed by atoms with van der Waals surface area (Å²) in [6.45, 7) is 8.93. The summed E-state index contributed by atoms with van der Waals surface area (Å²) in [5.74, 6) is 1.24. The Labute approximate surface area is 239 Å². The Balaban J connectivity index is 1.82. The Bertz CT molecular complexity index is 1580.